The van der Waals surface area contributed by atoms with Gasteiger partial charge in [0.15, 0.2) is 0 Å². The van der Waals surface area contributed by atoms with Gasteiger partial charge in [0.25, 0.3) is 5.91 Å². The van der Waals surface area contributed by atoms with Crippen LogP contribution in [0.3, 0.4) is 0 Å². The van der Waals surface area contributed by atoms with Crippen molar-refractivity contribution in [3.05, 3.63) is 51.7 Å². The van der Waals surface area contributed by atoms with Crippen molar-refractivity contribution >= 4 is 17.2 Å². The van der Waals surface area contributed by atoms with E-state index in [2.05, 4.69) is 16.3 Å². The van der Waals surface area contributed by atoms with Crippen LogP contribution in [0.25, 0.3) is 0 Å². The number of fused-ring (bicyclic) bond motifs is 1. The number of hydrogen-bond acceptors (Lipinski definition) is 5. The number of ether oxygens (including phenoxy) is 2. The van der Waals surface area contributed by atoms with Crippen molar-refractivity contribution in [2.45, 2.75) is 31.8 Å². The minimum atomic E-state index is 0.126. The lowest BCUT2D eigenvalue weighted by molar-refractivity contribution is 0.0600. The van der Waals surface area contributed by atoms with Gasteiger partial charge in [-0.25, -0.2) is 0 Å². The average molecular weight is 401 g/mol. The molecule has 2 aliphatic rings. The predicted octanol–water partition coefficient (Wildman–Crippen LogP) is 3.44. The van der Waals surface area contributed by atoms with Crippen LogP contribution < -0.4 is 4.74 Å². The molecule has 0 unspecified atom stereocenters. The first-order valence-corrected chi connectivity index (χ1v) is 10.9. The first kappa shape index (κ1) is 19.4. The monoisotopic (exact) mass is 400 g/mol. The largest absolute Gasteiger partial charge is 0.491 e. The zero-order chi connectivity index (χ0) is 19.3. The maximum Gasteiger partial charge on any atom is 0.253 e. The second-order valence-corrected chi connectivity index (χ2v) is 8.48. The summed E-state index contributed by atoms with van der Waals surface area (Å²) < 4.78 is 10.6. The van der Waals surface area contributed by atoms with Gasteiger partial charge in [0.05, 0.1) is 6.61 Å². The highest BCUT2D eigenvalue weighted by Gasteiger charge is 2.29. The fourth-order valence-corrected chi connectivity index (χ4v) is 5.02. The first-order valence-electron chi connectivity index (χ1n) is 10.0. The van der Waals surface area contributed by atoms with E-state index in [1.54, 1.807) is 12.0 Å². The van der Waals surface area contributed by atoms with Gasteiger partial charge in [0.2, 0.25) is 0 Å². The lowest BCUT2D eigenvalue weighted by atomic mass is 9.99. The van der Waals surface area contributed by atoms with Crippen LogP contribution in [0.2, 0.25) is 0 Å². The molecule has 3 heterocycles. The Labute approximate surface area is 170 Å². The molecule has 1 aromatic carbocycles. The van der Waals surface area contributed by atoms with Gasteiger partial charge in [-0.3, -0.25) is 9.69 Å². The summed E-state index contributed by atoms with van der Waals surface area (Å²) in [6.07, 6.45) is 3.29. The van der Waals surface area contributed by atoms with Crippen LogP contribution in [0.5, 0.6) is 5.75 Å². The Balaban J connectivity index is 1.28. The summed E-state index contributed by atoms with van der Waals surface area (Å²) in [4.78, 5) is 19.0. The Morgan fingerprint density at radius 3 is 2.64 bits per heavy atom. The SMILES string of the molecule is COCCOc1ccc(C(=O)N2CCC(N3CCc4sccc4C3)CC2)cc1. The molecule has 150 valence electrons. The molecule has 6 heteroatoms. The molecule has 1 aromatic heterocycles. The van der Waals surface area contributed by atoms with E-state index >= 15 is 0 Å². The number of rotatable bonds is 6. The highest BCUT2D eigenvalue weighted by atomic mass is 32.1. The van der Waals surface area contributed by atoms with E-state index in [4.69, 9.17) is 9.47 Å². The van der Waals surface area contributed by atoms with Gasteiger partial charge in [0.1, 0.15) is 12.4 Å². The maximum absolute atomic E-state index is 12.8. The molecule has 2 aliphatic heterocycles. The zero-order valence-electron chi connectivity index (χ0n) is 16.4. The molecule has 0 N–H and O–H groups in total. The molecule has 0 spiro atoms. The van der Waals surface area contributed by atoms with Crippen molar-refractivity contribution in [3.63, 3.8) is 0 Å². The smallest absolute Gasteiger partial charge is 0.253 e. The molecule has 1 amide bonds. The standard InChI is InChI=1S/C22H28N2O3S/c1-26-13-14-27-20-4-2-17(3-5-20)22(25)23-10-6-19(7-11-23)24-12-8-21-18(16-24)9-15-28-21/h2-5,9,15,19H,6-8,10-14,16H2,1H3. The second kappa shape index (κ2) is 9.07. The third-order valence-electron chi connectivity index (χ3n) is 5.76. The van der Waals surface area contributed by atoms with Gasteiger partial charge in [-0.1, -0.05) is 0 Å². The van der Waals surface area contributed by atoms with Crippen molar-refractivity contribution in [2.24, 2.45) is 0 Å². The van der Waals surface area contributed by atoms with Gasteiger partial charge in [-0.15, -0.1) is 11.3 Å². The Morgan fingerprint density at radius 2 is 1.89 bits per heavy atom. The van der Waals surface area contributed by atoms with Crippen LogP contribution in [0.1, 0.15) is 33.6 Å². The van der Waals surface area contributed by atoms with E-state index < -0.39 is 0 Å². The van der Waals surface area contributed by atoms with Crippen LogP contribution in [-0.2, 0) is 17.7 Å². The average Bonchev–Trinajstić information content (AvgIpc) is 3.22. The Bertz CT molecular complexity index is 781. The fraction of sp³-hybridized carbons (Fsp3) is 0.500. The number of benzene rings is 1. The normalized spacial score (nSPS) is 18.1. The van der Waals surface area contributed by atoms with Crippen LogP contribution in [0.15, 0.2) is 35.7 Å². The van der Waals surface area contributed by atoms with Crippen molar-refractivity contribution < 1.29 is 14.3 Å². The van der Waals surface area contributed by atoms with Crippen LogP contribution in [-0.4, -0.2) is 61.7 Å². The highest BCUT2D eigenvalue weighted by Crippen LogP contribution is 2.28. The Morgan fingerprint density at radius 1 is 1.11 bits per heavy atom. The number of hydrogen-bond donors (Lipinski definition) is 0. The molecule has 0 bridgehead atoms. The minimum Gasteiger partial charge on any atom is -0.491 e. The number of carbonyl (C=O) groups is 1. The van der Waals surface area contributed by atoms with Crippen LogP contribution in [0.4, 0.5) is 0 Å². The van der Waals surface area contributed by atoms with E-state index in [0.29, 0.717) is 19.3 Å². The van der Waals surface area contributed by atoms with E-state index in [9.17, 15) is 4.79 Å². The van der Waals surface area contributed by atoms with Crippen molar-refractivity contribution in [1.82, 2.24) is 9.80 Å². The lowest BCUT2D eigenvalue weighted by Gasteiger charge is -2.40. The van der Waals surface area contributed by atoms with E-state index in [-0.39, 0.29) is 5.91 Å². The lowest BCUT2D eigenvalue weighted by Crippen LogP contribution is -2.47. The molecule has 1 saturated heterocycles. The molecule has 1 fully saturated rings. The molecular weight excluding hydrogens is 372 g/mol. The van der Waals surface area contributed by atoms with Crippen molar-refractivity contribution in [2.75, 3.05) is 40.0 Å². The van der Waals surface area contributed by atoms with Gasteiger partial charge in [-0.05, 0) is 60.5 Å². The maximum atomic E-state index is 12.8. The number of amides is 1. The molecule has 28 heavy (non-hydrogen) atoms. The third kappa shape index (κ3) is 4.40. The molecule has 0 saturated carbocycles. The highest BCUT2D eigenvalue weighted by molar-refractivity contribution is 7.10. The van der Waals surface area contributed by atoms with Gasteiger partial charge >= 0.3 is 0 Å². The Kier molecular flexibility index (Phi) is 6.29. The van der Waals surface area contributed by atoms with Crippen molar-refractivity contribution in [1.29, 1.82) is 0 Å². The number of carbonyl (C=O) groups excluding carboxylic acids is 1. The quantitative estimate of drug-likeness (QED) is 0.697. The molecule has 0 radical (unpaired) electrons. The minimum absolute atomic E-state index is 0.126. The summed E-state index contributed by atoms with van der Waals surface area (Å²) >= 11 is 1.89. The molecule has 5 nitrogen and oxygen atoms in total. The summed E-state index contributed by atoms with van der Waals surface area (Å²) in [5, 5.41) is 2.21. The van der Waals surface area contributed by atoms with Gasteiger partial charge in [-0.2, -0.15) is 0 Å². The van der Waals surface area contributed by atoms with Gasteiger partial charge in [0, 0.05) is 49.8 Å². The molecule has 4 rings (SSSR count). The molecule has 0 atom stereocenters. The number of methoxy groups -OCH3 is 1. The summed E-state index contributed by atoms with van der Waals surface area (Å²) in [6, 6.07) is 10.3. The molecular formula is C22H28N2O3S. The molecule has 2 aromatic rings. The number of piperidine rings is 1. The summed E-state index contributed by atoms with van der Waals surface area (Å²) in [5.41, 5.74) is 2.24. The summed E-state index contributed by atoms with van der Waals surface area (Å²) in [7, 11) is 1.65. The summed E-state index contributed by atoms with van der Waals surface area (Å²) in [5.74, 6) is 0.894. The fourth-order valence-electron chi connectivity index (χ4n) is 4.14. The van der Waals surface area contributed by atoms with E-state index in [1.807, 2.05) is 40.5 Å². The van der Waals surface area contributed by atoms with Gasteiger partial charge < -0.3 is 14.4 Å². The van der Waals surface area contributed by atoms with Crippen LogP contribution >= 0.6 is 11.3 Å². The van der Waals surface area contributed by atoms with Crippen LogP contribution in [0, 0.1) is 0 Å². The number of thiophene rings is 1. The van der Waals surface area contributed by atoms with E-state index in [0.717, 1.165) is 50.3 Å². The first-order chi connectivity index (χ1) is 13.7. The molecule has 0 aliphatic carbocycles. The zero-order valence-corrected chi connectivity index (χ0v) is 17.2. The summed E-state index contributed by atoms with van der Waals surface area (Å²) in [6.45, 7) is 4.96. The third-order valence-corrected chi connectivity index (χ3v) is 6.79. The number of nitrogens with zero attached hydrogens (tertiary/aromatic N) is 2. The van der Waals surface area contributed by atoms with Crippen molar-refractivity contribution in [3.8, 4) is 5.75 Å². The predicted molar refractivity (Wildman–Crippen MR) is 111 cm³/mol. The Hall–Kier alpha value is -1.89. The van der Waals surface area contributed by atoms with E-state index in [1.165, 1.54) is 12.0 Å². The number of likely N-dealkylation sites (tertiary alicyclic amines) is 1. The topological polar surface area (TPSA) is 42.0 Å². The second-order valence-electron chi connectivity index (χ2n) is 7.48.